The number of aliphatic carboxylic acids is 1. The molecule has 2 aromatic rings. The molecule has 0 bridgehead atoms. The molecule has 39 heavy (non-hydrogen) atoms. The van der Waals surface area contributed by atoms with E-state index >= 15 is 0 Å². The van der Waals surface area contributed by atoms with Gasteiger partial charge in [0.25, 0.3) is 5.91 Å². The maximum absolute atomic E-state index is 12.6. The van der Waals surface area contributed by atoms with Crippen LogP contribution in [0.25, 0.3) is 0 Å². The third-order valence-corrected chi connectivity index (χ3v) is 7.20. The number of nitrogens with zero attached hydrogens (tertiary/aromatic N) is 1. The standard InChI is InChI=1S/C29H36F3N3O4/c1-28(2,3)22-10-12-23(13-11-22)35(26(33)20-8-14-24(15-9-20)39-29(30,31)32)18-19-4-6-21(7-5-19)27(38)34-17-16-25(36)37/h4-9,14-15,22-23,33H,10-13,16-18H2,1-3H3,(H,34,38)(H,36,37). The SMILES string of the molecule is CC(C)(C)C1CCC(N(Cc2ccc(C(=O)NCCC(=O)O)cc2)C(=N)c2ccc(OC(F)(F)F)cc2)CC1. The van der Waals surface area contributed by atoms with Gasteiger partial charge in [0, 0.05) is 30.3 Å². The van der Waals surface area contributed by atoms with Gasteiger partial charge in [-0.3, -0.25) is 15.0 Å². The minimum absolute atomic E-state index is 0.0326. The molecule has 7 nitrogen and oxygen atoms in total. The molecule has 3 N–H and O–H groups in total. The number of ether oxygens (including phenoxy) is 1. The van der Waals surface area contributed by atoms with Gasteiger partial charge in [-0.15, -0.1) is 13.2 Å². The van der Waals surface area contributed by atoms with Gasteiger partial charge in [-0.1, -0.05) is 32.9 Å². The lowest BCUT2D eigenvalue weighted by atomic mass is 9.71. The van der Waals surface area contributed by atoms with Gasteiger partial charge in [0.05, 0.1) is 6.42 Å². The summed E-state index contributed by atoms with van der Waals surface area (Å²) >= 11 is 0. The highest BCUT2D eigenvalue weighted by atomic mass is 19.4. The molecule has 3 rings (SSSR count). The van der Waals surface area contributed by atoms with E-state index in [9.17, 15) is 22.8 Å². The first-order chi connectivity index (χ1) is 18.2. The maximum Gasteiger partial charge on any atom is 0.573 e. The predicted octanol–water partition coefficient (Wildman–Crippen LogP) is 6.22. The first-order valence-corrected chi connectivity index (χ1v) is 13.0. The zero-order valence-corrected chi connectivity index (χ0v) is 22.5. The molecule has 0 spiro atoms. The van der Waals surface area contributed by atoms with Crippen LogP contribution < -0.4 is 10.1 Å². The van der Waals surface area contributed by atoms with Crippen molar-refractivity contribution in [1.82, 2.24) is 10.2 Å². The number of amides is 1. The van der Waals surface area contributed by atoms with Gasteiger partial charge >= 0.3 is 12.3 Å². The highest BCUT2D eigenvalue weighted by Gasteiger charge is 2.34. The van der Waals surface area contributed by atoms with E-state index in [2.05, 4.69) is 30.8 Å². The van der Waals surface area contributed by atoms with Gasteiger partial charge in [-0.2, -0.15) is 0 Å². The summed E-state index contributed by atoms with van der Waals surface area (Å²) < 4.78 is 41.7. The molecule has 1 saturated carbocycles. The molecular weight excluding hydrogens is 511 g/mol. The summed E-state index contributed by atoms with van der Waals surface area (Å²) in [5, 5.41) is 20.3. The van der Waals surface area contributed by atoms with Crippen molar-refractivity contribution < 1.29 is 32.6 Å². The van der Waals surface area contributed by atoms with Gasteiger partial charge in [0.2, 0.25) is 0 Å². The van der Waals surface area contributed by atoms with Crippen molar-refractivity contribution in [3.8, 4) is 5.75 Å². The van der Waals surface area contributed by atoms with Gasteiger partial charge in [-0.25, -0.2) is 0 Å². The van der Waals surface area contributed by atoms with Crippen molar-refractivity contribution in [2.24, 2.45) is 11.3 Å². The molecule has 0 aliphatic heterocycles. The van der Waals surface area contributed by atoms with Crippen LogP contribution in [0, 0.1) is 16.7 Å². The first kappa shape index (κ1) is 30.0. The van der Waals surface area contributed by atoms with E-state index in [0.29, 0.717) is 23.6 Å². The Hall–Kier alpha value is -3.56. The normalized spacial score (nSPS) is 17.8. The highest BCUT2D eigenvalue weighted by molar-refractivity contribution is 5.97. The molecule has 212 valence electrons. The fourth-order valence-corrected chi connectivity index (χ4v) is 4.97. The minimum atomic E-state index is -4.79. The Morgan fingerprint density at radius 3 is 2.05 bits per heavy atom. The fourth-order valence-electron chi connectivity index (χ4n) is 4.97. The largest absolute Gasteiger partial charge is 0.573 e. The zero-order valence-electron chi connectivity index (χ0n) is 22.5. The zero-order chi connectivity index (χ0) is 28.8. The van der Waals surface area contributed by atoms with Crippen molar-refractivity contribution in [3.63, 3.8) is 0 Å². The molecular formula is C29H36F3N3O4. The number of hydrogen-bond acceptors (Lipinski definition) is 4. The summed E-state index contributed by atoms with van der Waals surface area (Å²) in [6.07, 6.45) is -1.13. The third-order valence-electron chi connectivity index (χ3n) is 7.20. The summed E-state index contributed by atoms with van der Waals surface area (Å²) in [4.78, 5) is 25.0. The molecule has 0 heterocycles. The van der Waals surface area contributed by atoms with Crippen molar-refractivity contribution >= 4 is 17.7 Å². The van der Waals surface area contributed by atoms with E-state index in [4.69, 9.17) is 10.5 Å². The number of carboxylic acids is 1. The van der Waals surface area contributed by atoms with Gasteiger partial charge in [0.1, 0.15) is 11.6 Å². The molecule has 2 aromatic carbocycles. The number of carbonyl (C=O) groups excluding carboxylic acids is 1. The fraction of sp³-hybridized carbons (Fsp3) is 0.483. The Morgan fingerprint density at radius 1 is 0.974 bits per heavy atom. The van der Waals surface area contributed by atoms with Gasteiger partial charge in [0.15, 0.2) is 0 Å². The topological polar surface area (TPSA) is 103 Å². The Bertz CT molecular complexity index is 1130. The number of hydrogen-bond donors (Lipinski definition) is 3. The molecule has 1 aliphatic carbocycles. The molecule has 1 aliphatic rings. The number of carboxylic acid groups (broad SMARTS) is 1. The van der Waals surface area contributed by atoms with Crippen LogP contribution in [-0.4, -0.2) is 46.7 Å². The Kier molecular flexibility index (Phi) is 9.63. The van der Waals surface area contributed by atoms with Crippen LogP contribution in [0.15, 0.2) is 48.5 Å². The second-order valence-electron chi connectivity index (χ2n) is 11.0. The number of alkyl halides is 3. The molecule has 0 unspecified atom stereocenters. The van der Waals surface area contributed by atoms with E-state index in [1.807, 2.05) is 4.90 Å². The quantitative estimate of drug-likeness (QED) is 0.255. The molecule has 0 atom stereocenters. The second kappa shape index (κ2) is 12.5. The van der Waals surface area contributed by atoms with E-state index < -0.39 is 12.3 Å². The van der Waals surface area contributed by atoms with Crippen molar-refractivity contribution in [2.75, 3.05) is 6.54 Å². The van der Waals surface area contributed by atoms with Crippen LogP contribution in [0.4, 0.5) is 13.2 Å². The maximum atomic E-state index is 12.6. The first-order valence-electron chi connectivity index (χ1n) is 13.0. The average molecular weight is 548 g/mol. The Labute approximate surface area is 226 Å². The van der Waals surface area contributed by atoms with Crippen LogP contribution in [0.1, 0.15) is 74.4 Å². The van der Waals surface area contributed by atoms with E-state index in [1.165, 1.54) is 24.3 Å². The van der Waals surface area contributed by atoms with E-state index in [0.717, 1.165) is 31.2 Å². The molecule has 0 aromatic heterocycles. The van der Waals surface area contributed by atoms with E-state index in [-0.39, 0.29) is 41.9 Å². The highest BCUT2D eigenvalue weighted by Crippen LogP contribution is 2.39. The van der Waals surface area contributed by atoms with Crippen LogP contribution in [0.5, 0.6) is 5.75 Å². The molecule has 10 heteroatoms. The van der Waals surface area contributed by atoms with Crippen molar-refractivity contribution in [1.29, 1.82) is 5.41 Å². The molecule has 0 radical (unpaired) electrons. The summed E-state index contributed by atoms with van der Waals surface area (Å²) in [5.74, 6) is -0.916. The molecule has 1 amide bonds. The summed E-state index contributed by atoms with van der Waals surface area (Å²) in [6, 6.07) is 12.3. The number of benzene rings is 2. The van der Waals surface area contributed by atoms with Gasteiger partial charge in [-0.05, 0) is 79.0 Å². The lowest BCUT2D eigenvalue weighted by molar-refractivity contribution is -0.274. The number of rotatable bonds is 9. The number of amidine groups is 1. The predicted molar refractivity (Wildman–Crippen MR) is 142 cm³/mol. The summed E-state index contributed by atoms with van der Waals surface area (Å²) in [5.41, 5.74) is 1.95. The minimum Gasteiger partial charge on any atom is -0.481 e. The number of carbonyl (C=O) groups is 2. The molecule has 0 saturated heterocycles. The van der Waals surface area contributed by atoms with Crippen LogP contribution >= 0.6 is 0 Å². The number of nitrogens with one attached hydrogen (secondary N) is 2. The number of halogens is 3. The monoisotopic (exact) mass is 547 g/mol. The van der Waals surface area contributed by atoms with Gasteiger partial charge < -0.3 is 20.1 Å². The van der Waals surface area contributed by atoms with Crippen molar-refractivity contribution in [3.05, 3.63) is 65.2 Å². The third kappa shape index (κ3) is 9.01. The molecule has 1 fully saturated rings. The second-order valence-corrected chi connectivity index (χ2v) is 11.0. The van der Waals surface area contributed by atoms with Crippen LogP contribution in [0.2, 0.25) is 0 Å². The smallest absolute Gasteiger partial charge is 0.481 e. The lowest BCUT2D eigenvalue weighted by Gasteiger charge is -2.42. The Morgan fingerprint density at radius 2 is 1.54 bits per heavy atom. The van der Waals surface area contributed by atoms with E-state index in [1.54, 1.807) is 24.3 Å². The summed E-state index contributed by atoms with van der Waals surface area (Å²) in [7, 11) is 0. The average Bonchev–Trinajstić information content (AvgIpc) is 2.86. The van der Waals surface area contributed by atoms with Crippen molar-refractivity contribution in [2.45, 2.75) is 71.8 Å². The summed E-state index contributed by atoms with van der Waals surface area (Å²) in [6.45, 7) is 7.14. The van der Waals surface area contributed by atoms with Crippen LogP contribution in [-0.2, 0) is 11.3 Å². The van der Waals surface area contributed by atoms with Crippen LogP contribution in [0.3, 0.4) is 0 Å². The lowest BCUT2D eigenvalue weighted by Crippen LogP contribution is -2.43. The Balaban J connectivity index is 1.77.